The Morgan fingerprint density at radius 1 is 1.17 bits per heavy atom. The number of aromatic nitrogens is 1. The van der Waals surface area contributed by atoms with E-state index in [4.69, 9.17) is 0 Å². The topological polar surface area (TPSA) is 25.2 Å². The second-order valence-corrected chi connectivity index (χ2v) is 7.12. The monoisotopic (exact) mass is 313 g/mol. The smallest absolute Gasteiger partial charge is 0.0520 e. The lowest BCUT2D eigenvalue weighted by Crippen LogP contribution is -2.17. The maximum Gasteiger partial charge on any atom is 0.0520 e. The summed E-state index contributed by atoms with van der Waals surface area (Å²) in [5.74, 6) is 0. The fourth-order valence-corrected chi connectivity index (χ4v) is 4.42. The van der Waals surface area contributed by atoms with Crippen molar-refractivity contribution in [3.63, 3.8) is 0 Å². The van der Waals surface area contributed by atoms with Gasteiger partial charge >= 0.3 is 0 Å². The predicted molar refractivity (Wildman–Crippen MR) is 98.2 cm³/mol. The van der Waals surface area contributed by atoms with Crippen LogP contribution in [0.5, 0.6) is 0 Å². The van der Waals surface area contributed by atoms with Gasteiger partial charge in [-0.3, -0.25) is 0 Å². The van der Waals surface area contributed by atoms with E-state index >= 15 is 0 Å². The summed E-state index contributed by atoms with van der Waals surface area (Å²) in [6.45, 7) is 4.77. The van der Waals surface area contributed by atoms with Crippen LogP contribution in [0.2, 0.25) is 0 Å². The zero-order chi connectivity index (χ0) is 16.2. The van der Waals surface area contributed by atoms with Crippen LogP contribution in [-0.2, 0) is 12.8 Å². The highest BCUT2D eigenvalue weighted by Crippen LogP contribution is 2.39. The molecule has 2 aromatic rings. The van der Waals surface area contributed by atoms with E-state index < -0.39 is 0 Å². The van der Waals surface area contributed by atoms with E-state index in [1.54, 1.807) is 0 Å². The molecule has 0 saturated carbocycles. The lowest BCUT2D eigenvalue weighted by Gasteiger charge is -2.27. The molecule has 1 aromatic carbocycles. The van der Waals surface area contributed by atoms with Gasteiger partial charge in [0.25, 0.3) is 0 Å². The van der Waals surface area contributed by atoms with Crippen LogP contribution in [0.15, 0.2) is 18.2 Å². The standard InChI is InChI=1S/C21H31NO/c1-3-4-5-6-7-10-18-13-12-17-9-8-11-20-19(14-15-23)16(2)22(18)21(17)20/h8-9,11,18,23H,3-7,10,12-15H2,1-2H3. The second kappa shape index (κ2) is 7.53. The molecule has 0 amide bonds. The fourth-order valence-electron chi connectivity index (χ4n) is 4.42. The third-order valence-corrected chi connectivity index (χ3v) is 5.60. The average molecular weight is 313 g/mol. The number of para-hydroxylation sites is 1. The lowest BCUT2D eigenvalue weighted by atomic mass is 9.94. The normalized spacial score (nSPS) is 17.1. The Bertz CT molecular complexity index is 655. The van der Waals surface area contributed by atoms with Gasteiger partial charge in [0, 0.05) is 23.7 Å². The Labute approximate surface area is 140 Å². The first-order chi connectivity index (χ1) is 11.3. The molecule has 0 bridgehead atoms. The molecular weight excluding hydrogens is 282 g/mol. The molecule has 1 atom stereocenters. The Morgan fingerprint density at radius 2 is 2.00 bits per heavy atom. The molecule has 1 unspecified atom stereocenters. The summed E-state index contributed by atoms with van der Waals surface area (Å²) in [4.78, 5) is 0. The average Bonchev–Trinajstić information content (AvgIpc) is 2.85. The highest BCUT2D eigenvalue weighted by atomic mass is 16.2. The molecule has 2 heterocycles. The van der Waals surface area contributed by atoms with Crippen LogP contribution >= 0.6 is 0 Å². The number of aryl methyl sites for hydroxylation is 1. The third-order valence-electron chi connectivity index (χ3n) is 5.60. The molecule has 0 spiro atoms. The van der Waals surface area contributed by atoms with Gasteiger partial charge in [0.05, 0.1) is 5.52 Å². The molecule has 0 saturated heterocycles. The van der Waals surface area contributed by atoms with Crippen molar-refractivity contribution in [2.45, 2.75) is 77.7 Å². The number of hydrogen-bond acceptors (Lipinski definition) is 1. The molecule has 0 radical (unpaired) electrons. The van der Waals surface area contributed by atoms with Crippen LogP contribution in [0.1, 0.15) is 74.7 Å². The minimum absolute atomic E-state index is 0.242. The number of hydrogen-bond donors (Lipinski definition) is 1. The van der Waals surface area contributed by atoms with Gasteiger partial charge in [0.2, 0.25) is 0 Å². The van der Waals surface area contributed by atoms with E-state index in [0.717, 1.165) is 6.42 Å². The highest BCUT2D eigenvalue weighted by molar-refractivity contribution is 5.89. The van der Waals surface area contributed by atoms with Gasteiger partial charge in [-0.05, 0) is 43.7 Å². The van der Waals surface area contributed by atoms with Gasteiger partial charge in [0.1, 0.15) is 0 Å². The number of aliphatic hydroxyl groups excluding tert-OH is 1. The van der Waals surface area contributed by atoms with Gasteiger partial charge in [-0.1, -0.05) is 57.2 Å². The molecule has 2 heteroatoms. The zero-order valence-electron chi connectivity index (χ0n) is 14.8. The summed E-state index contributed by atoms with van der Waals surface area (Å²) in [5, 5.41) is 10.8. The van der Waals surface area contributed by atoms with Crippen molar-refractivity contribution < 1.29 is 5.11 Å². The van der Waals surface area contributed by atoms with Gasteiger partial charge in [0.15, 0.2) is 0 Å². The third kappa shape index (κ3) is 3.19. The minimum atomic E-state index is 0.242. The SMILES string of the molecule is CCCCCCCC1CCc2cccc3c(CCO)c(C)n1c23. The van der Waals surface area contributed by atoms with Crippen molar-refractivity contribution in [1.29, 1.82) is 0 Å². The quantitative estimate of drug-likeness (QED) is 0.654. The van der Waals surface area contributed by atoms with E-state index in [9.17, 15) is 5.11 Å². The van der Waals surface area contributed by atoms with Gasteiger partial charge < -0.3 is 9.67 Å². The summed E-state index contributed by atoms with van der Waals surface area (Å²) >= 11 is 0. The molecule has 0 aliphatic carbocycles. The largest absolute Gasteiger partial charge is 0.396 e. The Balaban J connectivity index is 1.86. The summed E-state index contributed by atoms with van der Waals surface area (Å²) in [6, 6.07) is 7.38. The summed E-state index contributed by atoms with van der Waals surface area (Å²) < 4.78 is 2.61. The van der Waals surface area contributed by atoms with Gasteiger partial charge in [-0.25, -0.2) is 0 Å². The van der Waals surface area contributed by atoms with Crippen LogP contribution in [-0.4, -0.2) is 16.3 Å². The maximum atomic E-state index is 9.45. The molecule has 1 aliphatic heterocycles. The van der Waals surface area contributed by atoms with Crippen LogP contribution in [0, 0.1) is 6.92 Å². The number of aliphatic hydroxyl groups is 1. The summed E-state index contributed by atoms with van der Waals surface area (Å²) in [5.41, 5.74) is 5.71. The van der Waals surface area contributed by atoms with Crippen LogP contribution in [0.4, 0.5) is 0 Å². The number of rotatable bonds is 8. The molecule has 2 nitrogen and oxygen atoms in total. The molecule has 0 fully saturated rings. The number of benzene rings is 1. The van der Waals surface area contributed by atoms with E-state index in [1.807, 2.05) is 0 Å². The minimum Gasteiger partial charge on any atom is -0.396 e. The predicted octanol–water partition coefficient (Wildman–Crippen LogP) is 5.33. The van der Waals surface area contributed by atoms with Crippen molar-refractivity contribution in [3.05, 3.63) is 35.0 Å². The molecule has 126 valence electrons. The van der Waals surface area contributed by atoms with Crippen molar-refractivity contribution in [3.8, 4) is 0 Å². The van der Waals surface area contributed by atoms with Crippen molar-refractivity contribution in [2.24, 2.45) is 0 Å². The Hall–Kier alpha value is -1.28. The Kier molecular flexibility index (Phi) is 5.42. The number of unbranched alkanes of at least 4 members (excludes halogenated alkanes) is 4. The molecule has 1 N–H and O–H groups in total. The van der Waals surface area contributed by atoms with Gasteiger partial charge in [-0.2, -0.15) is 0 Å². The maximum absolute atomic E-state index is 9.45. The summed E-state index contributed by atoms with van der Waals surface area (Å²) in [6.07, 6.45) is 11.4. The van der Waals surface area contributed by atoms with Crippen molar-refractivity contribution >= 4 is 10.9 Å². The van der Waals surface area contributed by atoms with Crippen molar-refractivity contribution in [1.82, 2.24) is 4.57 Å². The second-order valence-electron chi connectivity index (χ2n) is 7.12. The van der Waals surface area contributed by atoms with E-state index in [-0.39, 0.29) is 6.61 Å². The van der Waals surface area contributed by atoms with Crippen LogP contribution in [0.25, 0.3) is 10.9 Å². The Morgan fingerprint density at radius 3 is 2.78 bits per heavy atom. The first-order valence-corrected chi connectivity index (χ1v) is 9.50. The van der Waals surface area contributed by atoms with Crippen LogP contribution in [0.3, 0.4) is 0 Å². The molecule has 23 heavy (non-hydrogen) atoms. The first-order valence-electron chi connectivity index (χ1n) is 9.50. The number of nitrogens with zero attached hydrogens (tertiary/aromatic N) is 1. The molecule has 3 rings (SSSR count). The summed E-state index contributed by atoms with van der Waals surface area (Å²) in [7, 11) is 0. The van der Waals surface area contributed by atoms with Crippen molar-refractivity contribution in [2.75, 3.05) is 6.61 Å². The van der Waals surface area contributed by atoms with E-state index in [2.05, 4.69) is 36.6 Å². The molecule has 1 aromatic heterocycles. The fraction of sp³-hybridized carbons (Fsp3) is 0.619. The zero-order valence-corrected chi connectivity index (χ0v) is 14.8. The van der Waals surface area contributed by atoms with E-state index in [0.29, 0.717) is 6.04 Å². The lowest BCUT2D eigenvalue weighted by molar-refractivity contribution is 0.299. The van der Waals surface area contributed by atoms with E-state index in [1.165, 1.54) is 79.1 Å². The first kappa shape index (κ1) is 16.6. The molecular formula is C21H31NO. The molecule has 1 aliphatic rings. The van der Waals surface area contributed by atoms with Gasteiger partial charge in [-0.15, -0.1) is 0 Å². The highest BCUT2D eigenvalue weighted by Gasteiger charge is 2.25. The van der Waals surface area contributed by atoms with Crippen LogP contribution < -0.4 is 0 Å².